The van der Waals surface area contributed by atoms with Crippen molar-refractivity contribution < 1.29 is 4.74 Å². The lowest BCUT2D eigenvalue weighted by atomic mass is 10.1. The number of morpholine rings is 1. The summed E-state index contributed by atoms with van der Waals surface area (Å²) in [4.78, 5) is 21.6. The number of anilines is 2. The number of rotatable bonds is 5. The Labute approximate surface area is 245 Å². The fraction of sp³-hybridized carbons (Fsp3) is 0.286. The highest BCUT2D eigenvalue weighted by Crippen LogP contribution is 2.33. The minimum absolute atomic E-state index is 0.153. The van der Waals surface area contributed by atoms with Crippen molar-refractivity contribution in [2.75, 3.05) is 34.8 Å². The fourth-order valence-electron chi connectivity index (χ4n) is 5.15. The van der Waals surface area contributed by atoms with Crippen molar-refractivity contribution in [1.82, 2.24) is 34.3 Å². The van der Waals surface area contributed by atoms with Crippen molar-refractivity contribution in [2.24, 2.45) is 0 Å². The van der Waals surface area contributed by atoms with Gasteiger partial charge in [-0.1, -0.05) is 12.1 Å². The van der Waals surface area contributed by atoms with Crippen LogP contribution in [0, 0.1) is 25.2 Å². The standard InChI is InChI=1S/C28H27IN10O/c1-17-16-40-10-9-37(17)25-12-23(26-18(2)35-39(19(26)3)21-11-20(13-30)14-31-15-21)32-27(34-25)38-24-8-6-5-7-22(24)33-28(38)36(4)29/h5-8,11-12,14-15,17H,9-10,16H2,1-4H3/t17-/m1/s1. The lowest BCUT2D eigenvalue weighted by Crippen LogP contribution is -2.44. The fourth-order valence-corrected chi connectivity index (χ4v) is 5.48. The predicted molar refractivity (Wildman–Crippen MR) is 161 cm³/mol. The number of ether oxygens (including phenoxy) is 1. The van der Waals surface area contributed by atoms with Gasteiger partial charge in [0.2, 0.25) is 11.9 Å². The first-order valence-corrected chi connectivity index (χ1v) is 13.8. The zero-order valence-electron chi connectivity index (χ0n) is 22.6. The quantitative estimate of drug-likeness (QED) is 0.200. The van der Waals surface area contributed by atoms with E-state index in [1.807, 2.05) is 63.6 Å². The summed E-state index contributed by atoms with van der Waals surface area (Å²) in [6.07, 6.45) is 3.25. The van der Waals surface area contributed by atoms with Crippen LogP contribution < -0.4 is 8.01 Å². The van der Waals surface area contributed by atoms with E-state index in [-0.39, 0.29) is 6.04 Å². The summed E-state index contributed by atoms with van der Waals surface area (Å²) < 4.78 is 11.5. The van der Waals surface area contributed by atoms with Gasteiger partial charge in [-0.2, -0.15) is 15.3 Å². The Bertz CT molecular complexity index is 1770. The average Bonchev–Trinajstić information content (AvgIpc) is 3.50. The van der Waals surface area contributed by atoms with Gasteiger partial charge in [0, 0.05) is 31.4 Å². The molecule has 0 radical (unpaired) electrons. The molecule has 0 N–H and O–H groups in total. The van der Waals surface area contributed by atoms with E-state index in [0.29, 0.717) is 24.7 Å². The summed E-state index contributed by atoms with van der Waals surface area (Å²) in [5.41, 5.74) is 6.34. The number of hydrogen-bond donors (Lipinski definition) is 0. The lowest BCUT2D eigenvalue weighted by molar-refractivity contribution is 0.0985. The first-order valence-electron chi connectivity index (χ1n) is 12.9. The highest BCUT2D eigenvalue weighted by Gasteiger charge is 2.26. The van der Waals surface area contributed by atoms with Crippen LogP contribution in [-0.2, 0) is 4.74 Å². The number of para-hydroxylation sites is 2. The molecule has 4 aromatic heterocycles. The summed E-state index contributed by atoms with van der Waals surface area (Å²) in [6, 6.07) is 14.1. The molecule has 1 atom stereocenters. The number of benzene rings is 1. The van der Waals surface area contributed by atoms with Gasteiger partial charge in [-0.25, -0.2) is 19.2 Å². The topological polar surface area (TPSA) is 114 Å². The van der Waals surface area contributed by atoms with Crippen LogP contribution in [0.25, 0.3) is 33.9 Å². The van der Waals surface area contributed by atoms with Crippen molar-refractivity contribution >= 4 is 45.7 Å². The van der Waals surface area contributed by atoms with Crippen LogP contribution in [0.1, 0.15) is 23.9 Å². The number of aryl methyl sites for hydroxylation is 1. The Morgan fingerprint density at radius 2 is 1.95 bits per heavy atom. The maximum Gasteiger partial charge on any atom is 0.239 e. The van der Waals surface area contributed by atoms with Crippen LogP contribution in [0.15, 0.2) is 48.8 Å². The molecule has 0 unspecified atom stereocenters. The van der Waals surface area contributed by atoms with Crippen LogP contribution in [0.2, 0.25) is 0 Å². The number of imidazole rings is 1. The predicted octanol–water partition coefficient (Wildman–Crippen LogP) is 4.56. The number of fused-ring (bicyclic) bond motifs is 1. The van der Waals surface area contributed by atoms with Crippen molar-refractivity contribution in [3.8, 4) is 29.0 Å². The molecule has 5 aromatic rings. The Balaban J connectivity index is 1.59. The van der Waals surface area contributed by atoms with Gasteiger partial charge in [0.05, 0.1) is 87.7 Å². The van der Waals surface area contributed by atoms with E-state index in [2.05, 4.69) is 45.7 Å². The third-order valence-electron chi connectivity index (χ3n) is 7.03. The number of nitrogens with zero attached hydrogens (tertiary/aromatic N) is 10. The van der Waals surface area contributed by atoms with E-state index >= 15 is 0 Å². The molecule has 0 saturated carbocycles. The normalized spacial score (nSPS) is 15.4. The molecule has 0 bridgehead atoms. The van der Waals surface area contributed by atoms with Crippen molar-refractivity contribution in [2.45, 2.75) is 26.8 Å². The van der Waals surface area contributed by atoms with Crippen molar-refractivity contribution in [3.05, 3.63) is 65.7 Å². The molecule has 1 aromatic carbocycles. The molecule has 12 heteroatoms. The largest absolute Gasteiger partial charge is 0.377 e. The molecule has 1 fully saturated rings. The van der Waals surface area contributed by atoms with Gasteiger partial charge in [-0.15, -0.1) is 0 Å². The molecule has 5 heterocycles. The molecule has 0 amide bonds. The second-order valence-electron chi connectivity index (χ2n) is 9.74. The third kappa shape index (κ3) is 4.54. The molecular weight excluding hydrogens is 619 g/mol. The van der Waals surface area contributed by atoms with Gasteiger partial charge < -0.3 is 9.64 Å². The van der Waals surface area contributed by atoms with Gasteiger partial charge in [0.1, 0.15) is 11.9 Å². The molecular formula is C28H27IN10O. The Kier molecular flexibility index (Phi) is 6.85. The molecule has 0 spiro atoms. The monoisotopic (exact) mass is 646 g/mol. The SMILES string of the molecule is Cc1nn(-c2cncc(C#N)c2)c(C)c1-c1cc(N2CCOC[C@H]2C)nc(-n2c(N(C)I)nc3ccccc32)n1. The number of hydrogen-bond acceptors (Lipinski definition) is 9. The average molecular weight is 646 g/mol. The van der Waals surface area contributed by atoms with Crippen LogP contribution in [0.4, 0.5) is 11.8 Å². The summed E-state index contributed by atoms with van der Waals surface area (Å²) in [5.74, 6) is 2.07. The van der Waals surface area contributed by atoms with Gasteiger partial charge in [0.25, 0.3) is 0 Å². The number of aromatic nitrogens is 7. The number of nitriles is 1. The van der Waals surface area contributed by atoms with Crippen molar-refractivity contribution in [3.63, 3.8) is 0 Å². The first kappa shape index (κ1) is 26.1. The molecule has 1 saturated heterocycles. The highest BCUT2D eigenvalue weighted by atomic mass is 127. The van der Waals surface area contributed by atoms with E-state index < -0.39 is 0 Å². The highest BCUT2D eigenvalue weighted by molar-refractivity contribution is 14.1. The number of halogens is 1. The van der Waals surface area contributed by atoms with Gasteiger partial charge in [-0.05, 0) is 39.0 Å². The van der Waals surface area contributed by atoms with Crippen molar-refractivity contribution in [1.29, 1.82) is 5.26 Å². The third-order valence-corrected chi connectivity index (χ3v) is 7.46. The van der Waals surface area contributed by atoms with Gasteiger partial charge >= 0.3 is 0 Å². The molecule has 40 heavy (non-hydrogen) atoms. The van der Waals surface area contributed by atoms with E-state index in [1.165, 1.54) is 0 Å². The Morgan fingerprint density at radius 3 is 2.73 bits per heavy atom. The van der Waals surface area contributed by atoms with Crippen LogP contribution >= 0.6 is 22.9 Å². The minimum atomic E-state index is 0.153. The van der Waals surface area contributed by atoms with E-state index in [1.54, 1.807) is 18.5 Å². The molecule has 202 valence electrons. The summed E-state index contributed by atoms with van der Waals surface area (Å²) in [6.45, 7) is 8.10. The Morgan fingerprint density at radius 1 is 1.12 bits per heavy atom. The molecule has 1 aliphatic heterocycles. The number of pyridine rings is 1. The first-order chi connectivity index (χ1) is 19.4. The van der Waals surface area contributed by atoms with E-state index in [4.69, 9.17) is 24.8 Å². The molecule has 1 aliphatic rings. The second-order valence-corrected chi connectivity index (χ2v) is 11.2. The van der Waals surface area contributed by atoms with Crippen LogP contribution in [0.3, 0.4) is 0 Å². The zero-order valence-corrected chi connectivity index (χ0v) is 24.7. The van der Waals surface area contributed by atoms with E-state index in [0.717, 1.165) is 57.7 Å². The van der Waals surface area contributed by atoms with Crippen LogP contribution in [0.5, 0.6) is 0 Å². The lowest BCUT2D eigenvalue weighted by Gasteiger charge is -2.34. The van der Waals surface area contributed by atoms with Gasteiger partial charge in [-0.3, -0.25) is 8.10 Å². The molecule has 6 rings (SSSR count). The Hall–Kier alpha value is -4.09. The molecule has 11 nitrogen and oxygen atoms in total. The molecule has 0 aliphatic carbocycles. The second kappa shape index (κ2) is 10.5. The maximum atomic E-state index is 9.39. The summed E-state index contributed by atoms with van der Waals surface area (Å²) in [7, 11) is 1.95. The van der Waals surface area contributed by atoms with Gasteiger partial charge in [0.15, 0.2) is 0 Å². The zero-order chi connectivity index (χ0) is 28.0. The summed E-state index contributed by atoms with van der Waals surface area (Å²) in [5, 5.41) is 14.2. The maximum absolute atomic E-state index is 9.39. The summed E-state index contributed by atoms with van der Waals surface area (Å²) >= 11 is 2.22. The smallest absolute Gasteiger partial charge is 0.239 e. The van der Waals surface area contributed by atoms with E-state index in [9.17, 15) is 5.26 Å². The van der Waals surface area contributed by atoms with Crippen LogP contribution in [-0.4, -0.2) is 67.1 Å². The minimum Gasteiger partial charge on any atom is -0.377 e.